The van der Waals surface area contributed by atoms with E-state index in [-0.39, 0.29) is 0 Å². The van der Waals surface area contributed by atoms with Crippen molar-refractivity contribution in [2.24, 2.45) is 0 Å². The molecule has 0 aliphatic heterocycles. The van der Waals surface area contributed by atoms with Crippen LogP contribution in [0, 0.1) is 0 Å². The van der Waals surface area contributed by atoms with Crippen LogP contribution in [-0.2, 0) is 6.54 Å². The number of methoxy groups -OCH3 is 5. The Bertz CT molecular complexity index is 1600. The van der Waals surface area contributed by atoms with Crippen LogP contribution in [0.3, 0.4) is 0 Å². The number of rotatable bonds is 11. The number of ether oxygens (including phenoxy) is 5. The van der Waals surface area contributed by atoms with E-state index in [1.165, 1.54) is 6.33 Å². The first-order chi connectivity index (χ1) is 19.6. The Kier molecular flexibility index (Phi) is 7.67. The summed E-state index contributed by atoms with van der Waals surface area (Å²) in [6, 6.07) is 17.0. The van der Waals surface area contributed by atoms with Crippen molar-refractivity contribution < 1.29 is 23.7 Å². The Balaban J connectivity index is 1.51. The topological polar surface area (TPSA) is 127 Å². The highest BCUT2D eigenvalue weighted by Gasteiger charge is 2.18. The molecule has 5 rings (SSSR count). The van der Waals surface area contributed by atoms with Gasteiger partial charge in [0.25, 0.3) is 0 Å². The van der Waals surface area contributed by atoms with Gasteiger partial charge in [0.05, 0.1) is 46.6 Å². The molecule has 0 atom stereocenters. The summed E-state index contributed by atoms with van der Waals surface area (Å²) in [5.74, 6) is 4.21. The van der Waals surface area contributed by atoms with Gasteiger partial charge in [0.2, 0.25) is 23.6 Å². The maximum Gasteiger partial charge on any atom is 0.241 e. The van der Waals surface area contributed by atoms with Crippen LogP contribution in [0.2, 0.25) is 0 Å². The van der Waals surface area contributed by atoms with E-state index in [2.05, 4.69) is 25.6 Å². The molecule has 2 N–H and O–H groups in total. The van der Waals surface area contributed by atoms with E-state index < -0.39 is 0 Å². The zero-order valence-electron chi connectivity index (χ0n) is 22.8. The van der Waals surface area contributed by atoms with Crippen molar-refractivity contribution in [1.82, 2.24) is 24.5 Å². The molecule has 0 bridgehead atoms. The standard InChI is InChI=1S/C28H29N7O5/c1-36-19-8-6-17(7-9-19)15-29-27-33-21-14-20(37-2)10-11-22(21)35(27)28-31-16-30-26(34-28)32-18-12-23(38-3)25(40-5)24(13-18)39-4/h6-14,16H,15H2,1-5H3,(H,29,33)(H,30,31,32,34). The van der Waals surface area contributed by atoms with Crippen LogP contribution in [0.4, 0.5) is 17.6 Å². The molecule has 0 saturated carbocycles. The number of fused-ring (bicyclic) bond motifs is 1. The monoisotopic (exact) mass is 543 g/mol. The fraction of sp³-hybridized carbons (Fsp3) is 0.214. The van der Waals surface area contributed by atoms with Crippen LogP contribution in [-0.4, -0.2) is 60.1 Å². The van der Waals surface area contributed by atoms with Crippen molar-refractivity contribution in [2.75, 3.05) is 46.2 Å². The van der Waals surface area contributed by atoms with Gasteiger partial charge < -0.3 is 34.3 Å². The summed E-state index contributed by atoms with van der Waals surface area (Å²) < 4.78 is 28.8. The first kappa shape index (κ1) is 26.4. The number of aromatic nitrogens is 5. The second-order valence-electron chi connectivity index (χ2n) is 8.48. The molecule has 2 aromatic heterocycles. The maximum atomic E-state index is 5.46. The Morgan fingerprint density at radius 1 is 0.725 bits per heavy atom. The lowest BCUT2D eigenvalue weighted by atomic mass is 10.2. The lowest BCUT2D eigenvalue weighted by molar-refractivity contribution is 0.324. The molecule has 0 radical (unpaired) electrons. The predicted molar refractivity (Wildman–Crippen MR) is 151 cm³/mol. The first-order valence-electron chi connectivity index (χ1n) is 12.3. The largest absolute Gasteiger partial charge is 0.497 e. The van der Waals surface area contributed by atoms with Crippen molar-refractivity contribution in [3.05, 3.63) is 66.5 Å². The number of nitrogens with zero attached hydrogens (tertiary/aromatic N) is 5. The number of anilines is 3. The van der Waals surface area contributed by atoms with Crippen molar-refractivity contribution >= 4 is 28.6 Å². The molecule has 2 heterocycles. The van der Waals surface area contributed by atoms with Gasteiger partial charge in [-0.1, -0.05) is 12.1 Å². The minimum absolute atomic E-state index is 0.315. The minimum atomic E-state index is 0.315. The summed E-state index contributed by atoms with van der Waals surface area (Å²) in [4.78, 5) is 18.3. The second-order valence-corrected chi connectivity index (χ2v) is 8.48. The Labute approximate surface area is 230 Å². The highest BCUT2D eigenvalue weighted by Crippen LogP contribution is 2.40. The lowest BCUT2D eigenvalue weighted by Gasteiger charge is -2.15. The van der Waals surface area contributed by atoms with Crippen LogP contribution >= 0.6 is 0 Å². The Morgan fingerprint density at radius 3 is 2.08 bits per heavy atom. The minimum Gasteiger partial charge on any atom is -0.497 e. The zero-order chi connectivity index (χ0) is 28.1. The van der Waals surface area contributed by atoms with E-state index in [4.69, 9.17) is 28.7 Å². The smallest absolute Gasteiger partial charge is 0.241 e. The fourth-order valence-corrected chi connectivity index (χ4v) is 4.17. The fourth-order valence-electron chi connectivity index (χ4n) is 4.17. The van der Waals surface area contributed by atoms with Gasteiger partial charge in [0.15, 0.2) is 11.5 Å². The quantitative estimate of drug-likeness (QED) is 0.242. The van der Waals surface area contributed by atoms with Gasteiger partial charge in [-0.3, -0.25) is 0 Å². The summed E-state index contributed by atoms with van der Waals surface area (Å²) >= 11 is 0. The molecule has 40 heavy (non-hydrogen) atoms. The van der Waals surface area contributed by atoms with Crippen molar-refractivity contribution in [1.29, 1.82) is 0 Å². The predicted octanol–water partition coefficient (Wildman–Crippen LogP) is 4.61. The van der Waals surface area contributed by atoms with Gasteiger partial charge in [0, 0.05) is 30.4 Å². The molecule has 0 spiro atoms. The molecule has 0 aliphatic carbocycles. The summed E-state index contributed by atoms with van der Waals surface area (Å²) in [5, 5.41) is 6.60. The molecule has 0 saturated heterocycles. The van der Waals surface area contributed by atoms with E-state index in [9.17, 15) is 0 Å². The van der Waals surface area contributed by atoms with E-state index in [1.54, 1.807) is 47.7 Å². The molecule has 0 amide bonds. The molecule has 12 heteroatoms. The normalized spacial score (nSPS) is 10.7. The summed E-state index contributed by atoms with van der Waals surface area (Å²) in [5.41, 5.74) is 3.21. The van der Waals surface area contributed by atoms with Gasteiger partial charge >= 0.3 is 0 Å². The Morgan fingerprint density at radius 2 is 1.43 bits per heavy atom. The number of imidazole rings is 1. The number of hydrogen-bond donors (Lipinski definition) is 2. The third kappa shape index (κ3) is 5.32. The molecule has 206 valence electrons. The van der Waals surface area contributed by atoms with E-state index in [1.807, 2.05) is 47.0 Å². The summed E-state index contributed by atoms with van der Waals surface area (Å²) in [6.07, 6.45) is 1.44. The van der Waals surface area contributed by atoms with Gasteiger partial charge in [-0.25, -0.2) is 19.5 Å². The average Bonchev–Trinajstić information content (AvgIpc) is 3.37. The van der Waals surface area contributed by atoms with Gasteiger partial charge in [-0.05, 0) is 29.8 Å². The Hall–Kier alpha value is -5.26. The second kappa shape index (κ2) is 11.6. The molecule has 0 aliphatic rings. The third-order valence-electron chi connectivity index (χ3n) is 6.15. The lowest BCUT2D eigenvalue weighted by Crippen LogP contribution is -2.10. The third-order valence-corrected chi connectivity index (χ3v) is 6.15. The van der Waals surface area contributed by atoms with Gasteiger partial charge in [0.1, 0.15) is 17.8 Å². The SMILES string of the molecule is COc1ccc(CNc2nc3cc(OC)ccc3n2-c2ncnc(Nc3cc(OC)c(OC)c(OC)c3)n2)cc1. The van der Waals surface area contributed by atoms with Crippen LogP contribution in [0.15, 0.2) is 60.9 Å². The van der Waals surface area contributed by atoms with Gasteiger partial charge in [-0.15, -0.1) is 0 Å². The molecule has 0 unspecified atom stereocenters. The summed E-state index contributed by atoms with van der Waals surface area (Å²) in [6.45, 7) is 0.520. The van der Waals surface area contributed by atoms with Crippen molar-refractivity contribution in [2.45, 2.75) is 6.54 Å². The average molecular weight is 544 g/mol. The molecule has 0 fully saturated rings. The van der Waals surface area contributed by atoms with Gasteiger partial charge in [-0.2, -0.15) is 4.98 Å². The van der Waals surface area contributed by atoms with Crippen molar-refractivity contribution in [3.63, 3.8) is 0 Å². The van der Waals surface area contributed by atoms with E-state index in [0.29, 0.717) is 53.1 Å². The van der Waals surface area contributed by atoms with E-state index in [0.717, 1.165) is 22.3 Å². The molecule has 3 aromatic carbocycles. The molecular weight excluding hydrogens is 514 g/mol. The summed E-state index contributed by atoms with van der Waals surface area (Å²) in [7, 11) is 7.93. The van der Waals surface area contributed by atoms with Crippen LogP contribution in [0.1, 0.15) is 5.56 Å². The molecule has 5 aromatic rings. The zero-order valence-corrected chi connectivity index (χ0v) is 22.8. The van der Waals surface area contributed by atoms with Crippen LogP contribution in [0.25, 0.3) is 17.0 Å². The maximum absolute atomic E-state index is 5.46. The highest BCUT2D eigenvalue weighted by atomic mass is 16.5. The van der Waals surface area contributed by atoms with Crippen molar-refractivity contribution in [3.8, 4) is 34.7 Å². The number of benzene rings is 3. The number of hydrogen-bond acceptors (Lipinski definition) is 11. The molecule has 12 nitrogen and oxygen atoms in total. The van der Waals surface area contributed by atoms with Crippen LogP contribution < -0.4 is 34.3 Å². The highest BCUT2D eigenvalue weighted by molar-refractivity contribution is 5.82. The van der Waals surface area contributed by atoms with E-state index >= 15 is 0 Å². The molecular formula is C28H29N7O5. The number of nitrogens with one attached hydrogen (secondary N) is 2. The van der Waals surface area contributed by atoms with Crippen LogP contribution in [0.5, 0.6) is 28.7 Å². The first-order valence-corrected chi connectivity index (χ1v) is 12.3.